The molecule has 1 atom stereocenters. The Kier molecular flexibility index (Phi) is 4.77. The molecule has 6 heteroatoms. The van der Waals surface area contributed by atoms with Crippen LogP contribution in [0.1, 0.15) is 50.1 Å². The molecule has 5 rings (SSSR count). The number of nitrogens with zero attached hydrogens (tertiary/aromatic N) is 2. The largest absolute Gasteiger partial charge is 0.487 e. The summed E-state index contributed by atoms with van der Waals surface area (Å²) in [5, 5.41) is 8.68. The van der Waals surface area contributed by atoms with Gasteiger partial charge in [0.05, 0.1) is 17.6 Å². The second kappa shape index (κ2) is 7.59. The summed E-state index contributed by atoms with van der Waals surface area (Å²) in [5.74, 6) is 0.643. The third-order valence-electron chi connectivity index (χ3n) is 6.35. The molecule has 154 valence electrons. The number of rotatable bonds is 3. The molecule has 0 radical (unpaired) electrons. The van der Waals surface area contributed by atoms with Crippen molar-refractivity contribution in [3.63, 3.8) is 0 Å². The van der Waals surface area contributed by atoms with Crippen molar-refractivity contribution in [3.05, 3.63) is 70.6 Å². The predicted molar refractivity (Wildman–Crippen MR) is 114 cm³/mol. The minimum absolute atomic E-state index is 0.101. The molecule has 0 saturated heterocycles. The number of ether oxygens (including phenoxy) is 1. The number of nitrogens with one attached hydrogen (secondary N) is 1. The Morgan fingerprint density at radius 3 is 2.73 bits per heavy atom. The fourth-order valence-corrected chi connectivity index (χ4v) is 4.87. The summed E-state index contributed by atoms with van der Waals surface area (Å²) in [5.41, 5.74) is 0.544. The molecular weight excluding hydrogens is 378 g/mol. The third-order valence-corrected chi connectivity index (χ3v) is 6.35. The van der Waals surface area contributed by atoms with Crippen molar-refractivity contribution >= 4 is 16.7 Å². The lowest BCUT2D eigenvalue weighted by molar-refractivity contribution is -0.123. The standard InChI is InChI=1S/C24H25N3O3/c28-22(16-27-23(29)18-9-3-2-8-17(18)15-25-27)26-20-14-24(12-6-1-7-13-24)30-21-11-5-4-10-19(20)21/h2-5,8-11,15,20H,1,6-7,12-14,16H2,(H,26,28)/t20-/m1/s1. The molecule has 3 aromatic rings. The summed E-state index contributed by atoms with van der Waals surface area (Å²) in [4.78, 5) is 25.6. The van der Waals surface area contributed by atoms with Crippen LogP contribution in [0.2, 0.25) is 0 Å². The second-order valence-corrected chi connectivity index (χ2v) is 8.40. The van der Waals surface area contributed by atoms with E-state index in [0.717, 1.165) is 48.8 Å². The number of fused-ring (bicyclic) bond motifs is 2. The molecule has 1 aromatic heterocycles. The molecule has 2 aromatic carbocycles. The molecule has 1 spiro atoms. The van der Waals surface area contributed by atoms with E-state index in [1.54, 1.807) is 12.3 Å². The van der Waals surface area contributed by atoms with Crippen molar-refractivity contribution in [2.45, 2.75) is 56.7 Å². The first kappa shape index (κ1) is 18.9. The Labute approximate surface area is 174 Å². The zero-order chi connectivity index (χ0) is 20.6. The Morgan fingerprint density at radius 2 is 1.87 bits per heavy atom. The predicted octanol–water partition coefficient (Wildman–Crippen LogP) is 3.74. The number of carbonyl (C=O) groups is 1. The van der Waals surface area contributed by atoms with Crippen LogP contribution >= 0.6 is 0 Å². The highest BCUT2D eigenvalue weighted by atomic mass is 16.5. The van der Waals surface area contributed by atoms with Gasteiger partial charge in [-0.25, -0.2) is 4.68 Å². The van der Waals surface area contributed by atoms with E-state index in [0.29, 0.717) is 5.39 Å². The van der Waals surface area contributed by atoms with Crippen LogP contribution in [0, 0.1) is 0 Å². The highest BCUT2D eigenvalue weighted by Crippen LogP contribution is 2.45. The van der Waals surface area contributed by atoms with E-state index in [4.69, 9.17) is 4.74 Å². The van der Waals surface area contributed by atoms with Gasteiger partial charge in [-0.3, -0.25) is 9.59 Å². The van der Waals surface area contributed by atoms with Crippen molar-refractivity contribution in [1.82, 2.24) is 15.1 Å². The summed E-state index contributed by atoms with van der Waals surface area (Å²) in [6, 6.07) is 15.1. The first-order valence-electron chi connectivity index (χ1n) is 10.7. The molecule has 1 aliphatic heterocycles. The van der Waals surface area contributed by atoms with Crippen molar-refractivity contribution in [2.24, 2.45) is 0 Å². The fourth-order valence-electron chi connectivity index (χ4n) is 4.87. The Morgan fingerprint density at radius 1 is 1.10 bits per heavy atom. The molecule has 1 aliphatic carbocycles. The molecule has 2 aliphatic rings. The zero-order valence-corrected chi connectivity index (χ0v) is 16.8. The molecule has 1 amide bonds. The van der Waals surface area contributed by atoms with E-state index in [-0.39, 0.29) is 29.7 Å². The van der Waals surface area contributed by atoms with Gasteiger partial charge >= 0.3 is 0 Å². The molecule has 30 heavy (non-hydrogen) atoms. The molecule has 2 heterocycles. The van der Waals surface area contributed by atoms with E-state index in [9.17, 15) is 9.59 Å². The molecule has 0 bridgehead atoms. The van der Waals surface area contributed by atoms with Crippen LogP contribution in [-0.4, -0.2) is 21.3 Å². The smallest absolute Gasteiger partial charge is 0.275 e. The van der Waals surface area contributed by atoms with Gasteiger partial charge in [-0.1, -0.05) is 42.8 Å². The van der Waals surface area contributed by atoms with E-state index in [1.165, 1.54) is 11.1 Å². The molecular formula is C24H25N3O3. The number of para-hydroxylation sites is 1. The quantitative estimate of drug-likeness (QED) is 0.723. The van der Waals surface area contributed by atoms with Gasteiger partial charge in [0.15, 0.2) is 0 Å². The Hall–Kier alpha value is -3.15. The van der Waals surface area contributed by atoms with Gasteiger partial charge in [-0.05, 0) is 37.8 Å². The monoisotopic (exact) mass is 403 g/mol. The van der Waals surface area contributed by atoms with Gasteiger partial charge in [-0.2, -0.15) is 5.10 Å². The number of hydrogen-bond acceptors (Lipinski definition) is 4. The number of carbonyl (C=O) groups excluding carboxylic acids is 1. The minimum atomic E-state index is -0.251. The minimum Gasteiger partial charge on any atom is -0.487 e. The first-order valence-corrected chi connectivity index (χ1v) is 10.7. The molecule has 6 nitrogen and oxygen atoms in total. The average molecular weight is 403 g/mol. The van der Waals surface area contributed by atoms with Crippen molar-refractivity contribution in [2.75, 3.05) is 0 Å². The summed E-state index contributed by atoms with van der Waals surface area (Å²) in [7, 11) is 0. The number of benzene rings is 2. The van der Waals surface area contributed by atoms with Crippen molar-refractivity contribution in [3.8, 4) is 5.75 Å². The lowest BCUT2D eigenvalue weighted by atomic mass is 9.77. The Balaban J connectivity index is 1.39. The maximum absolute atomic E-state index is 12.9. The van der Waals surface area contributed by atoms with Crippen molar-refractivity contribution < 1.29 is 9.53 Å². The summed E-state index contributed by atoms with van der Waals surface area (Å²) in [6.45, 7) is -0.101. The first-order chi connectivity index (χ1) is 14.6. The second-order valence-electron chi connectivity index (χ2n) is 8.40. The van der Waals surface area contributed by atoms with Crippen molar-refractivity contribution in [1.29, 1.82) is 0 Å². The summed E-state index contributed by atoms with van der Waals surface area (Å²) in [6.07, 6.45) is 7.96. The van der Waals surface area contributed by atoms with Crippen LogP contribution in [0.3, 0.4) is 0 Å². The number of hydrogen-bond donors (Lipinski definition) is 1. The molecule has 1 N–H and O–H groups in total. The van der Waals surface area contributed by atoms with Crippen LogP contribution in [0.5, 0.6) is 5.75 Å². The van der Waals surface area contributed by atoms with Crippen LogP contribution in [0.4, 0.5) is 0 Å². The fraction of sp³-hybridized carbons (Fsp3) is 0.375. The van der Waals surface area contributed by atoms with Crippen LogP contribution in [0.15, 0.2) is 59.5 Å². The van der Waals surface area contributed by atoms with E-state index < -0.39 is 0 Å². The highest BCUT2D eigenvalue weighted by Gasteiger charge is 2.42. The number of amides is 1. The molecule has 1 saturated carbocycles. The van der Waals surface area contributed by atoms with Gasteiger partial charge in [0.1, 0.15) is 17.9 Å². The van der Waals surface area contributed by atoms with Gasteiger partial charge in [-0.15, -0.1) is 0 Å². The topological polar surface area (TPSA) is 73.2 Å². The van der Waals surface area contributed by atoms with E-state index >= 15 is 0 Å². The molecule has 0 unspecified atom stereocenters. The van der Waals surface area contributed by atoms with Gasteiger partial charge in [0, 0.05) is 17.4 Å². The van der Waals surface area contributed by atoms with Crippen LogP contribution < -0.4 is 15.6 Å². The van der Waals surface area contributed by atoms with E-state index in [2.05, 4.69) is 10.4 Å². The number of aromatic nitrogens is 2. The van der Waals surface area contributed by atoms with Crippen LogP contribution in [0.25, 0.3) is 10.8 Å². The van der Waals surface area contributed by atoms with Crippen LogP contribution in [-0.2, 0) is 11.3 Å². The maximum atomic E-state index is 12.9. The molecule has 1 fully saturated rings. The Bertz CT molecular complexity index is 1150. The lowest BCUT2D eigenvalue weighted by Gasteiger charge is -2.44. The lowest BCUT2D eigenvalue weighted by Crippen LogP contribution is -2.47. The summed E-state index contributed by atoms with van der Waals surface area (Å²) < 4.78 is 7.67. The maximum Gasteiger partial charge on any atom is 0.275 e. The van der Waals surface area contributed by atoms with Gasteiger partial charge < -0.3 is 10.1 Å². The summed E-state index contributed by atoms with van der Waals surface area (Å²) >= 11 is 0. The van der Waals surface area contributed by atoms with Gasteiger partial charge in [0.2, 0.25) is 5.91 Å². The van der Waals surface area contributed by atoms with Gasteiger partial charge in [0.25, 0.3) is 5.56 Å². The highest BCUT2D eigenvalue weighted by molar-refractivity contribution is 5.81. The SMILES string of the molecule is O=C(Cn1ncc2ccccc2c1=O)N[C@@H]1CC2(CCCCC2)Oc2ccccc21. The van der Waals surface area contributed by atoms with E-state index in [1.807, 2.05) is 42.5 Å². The third kappa shape index (κ3) is 3.47. The normalized spacial score (nSPS) is 19.8. The average Bonchev–Trinajstić information content (AvgIpc) is 2.76. The zero-order valence-electron chi connectivity index (χ0n) is 16.8.